The lowest BCUT2D eigenvalue weighted by Gasteiger charge is -2.15. The Balaban J connectivity index is 2.33. The topological polar surface area (TPSA) is 44.5 Å². The molecule has 0 aromatic heterocycles. The van der Waals surface area contributed by atoms with Crippen molar-refractivity contribution in [2.45, 2.75) is 13.0 Å². The molecule has 100 valence electrons. The Morgan fingerprint density at radius 1 is 0.842 bits per heavy atom. The number of hydrogen-bond donors (Lipinski definition) is 1. The summed E-state index contributed by atoms with van der Waals surface area (Å²) in [5, 5.41) is 0. The summed E-state index contributed by atoms with van der Waals surface area (Å²) < 4.78 is 10.5. The largest absolute Gasteiger partial charge is 0.493 e. The minimum atomic E-state index is -0.166. The molecule has 0 amide bonds. The summed E-state index contributed by atoms with van der Waals surface area (Å²) in [7, 11) is 3.25. The number of ether oxygens (including phenoxy) is 2. The van der Waals surface area contributed by atoms with Crippen molar-refractivity contribution >= 4 is 0 Å². The van der Waals surface area contributed by atoms with Crippen LogP contribution < -0.4 is 15.2 Å². The number of nitrogens with two attached hydrogens (primary N) is 1. The van der Waals surface area contributed by atoms with E-state index in [9.17, 15) is 0 Å². The smallest absolute Gasteiger partial charge is 0.161 e. The second kappa shape index (κ2) is 5.76. The fourth-order valence-electron chi connectivity index (χ4n) is 2.01. The van der Waals surface area contributed by atoms with Crippen LogP contribution in [0.4, 0.5) is 0 Å². The monoisotopic (exact) mass is 257 g/mol. The molecule has 2 aromatic carbocycles. The van der Waals surface area contributed by atoms with Gasteiger partial charge in [-0.1, -0.05) is 35.9 Å². The van der Waals surface area contributed by atoms with E-state index < -0.39 is 0 Å². The molecular formula is C16H19NO2. The molecule has 0 saturated heterocycles. The van der Waals surface area contributed by atoms with Crippen LogP contribution in [0, 0.1) is 6.92 Å². The van der Waals surface area contributed by atoms with E-state index >= 15 is 0 Å². The van der Waals surface area contributed by atoms with Gasteiger partial charge in [-0.2, -0.15) is 0 Å². The average Bonchev–Trinajstić information content (AvgIpc) is 2.46. The summed E-state index contributed by atoms with van der Waals surface area (Å²) in [6, 6.07) is 13.8. The number of benzene rings is 2. The van der Waals surface area contributed by atoms with Gasteiger partial charge in [0.05, 0.1) is 20.3 Å². The first-order chi connectivity index (χ1) is 9.15. The minimum absolute atomic E-state index is 0.166. The quantitative estimate of drug-likeness (QED) is 0.915. The Morgan fingerprint density at radius 2 is 1.42 bits per heavy atom. The van der Waals surface area contributed by atoms with Crippen molar-refractivity contribution in [1.29, 1.82) is 0 Å². The van der Waals surface area contributed by atoms with Crippen molar-refractivity contribution in [1.82, 2.24) is 0 Å². The maximum Gasteiger partial charge on any atom is 0.161 e. The van der Waals surface area contributed by atoms with Crippen LogP contribution in [-0.4, -0.2) is 14.2 Å². The van der Waals surface area contributed by atoms with Crippen LogP contribution in [0.25, 0.3) is 0 Å². The molecule has 0 spiro atoms. The highest BCUT2D eigenvalue weighted by molar-refractivity contribution is 5.45. The molecule has 1 atom stereocenters. The second-order valence-corrected chi connectivity index (χ2v) is 4.50. The molecule has 2 aromatic rings. The van der Waals surface area contributed by atoms with Gasteiger partial charge in [0.15, 0.2) is 11.5 Å². The molecule has 0 aliphatic heterocycles. The Morgan fingerprint density at radius 3 is 2.00 bits per heavy atom. The summed E-state index contributed by atoms with van der Waals surface area (Å²) >= 11 is 0. The van der Waals surface area contributed by atoms with E-state index in [1.54, 1.807) is 14.2 Å². The third-order valence-corrected chi connectivity index (χ3v) is 3.20. The summed E-state index contributed by atoms with van der Waals surface area (Å²) in [4.78, 5) is 0. The standard InChI is InChI=1S/C16H19NO2/c1-11-4-6-12(7-5-11)16(17)13-8-9-14(18-2)15(10-13)19-3/h4-10,16H,17H2,1-3H3. The molecule has 0 bridgehead atoms. The van der Waals surface area contributed by atoms with E-state index in [4.69, 9.17) is 15.2 Å². The van der Waals surface area contributed by atoms with Gasteiger partial charge in [0.2, 0.25) is 0 Å². The van der Waals surface area contributed by atoms with Crippen molar-refractivity contribution in [3.05, 3.63) is 59.2 Å². The summed E-state index contributed by atoms with van der Waals surface area (Å²) in [5.74, 6) is 1.41. The van der Waals surface area contributed by atoms with Crippen LogP contribution >= 0.6 is 0 Å². The SMILES string of the molecule is COc1ccc(C(N)c2ccc(C)cc2)cc1OC. The maximum atomic E-state index is 6.29. The Kier molecular flexibility index (Phi) is 4.07. The van der Waals surface area contributed by atoms with Gasteiger partial charge in [0.25, 0.3) is 0 Å². The summed E-state index contributed by atoms with van der Waals surface area (Å²) in [5.41, 5.74) is 9.59. The fourth-order valence-corrected chi connectivity index (χ4v) is 2.01. The molecule has 3 heteroatoms. The highest BCUT2D eigenvalue weighted by atomic mass is 16.5. The third-order valence-electron chi connectivity index (χ3n) is 3.20. The van der Waals surface area contributed by atoms with E-state index in [1.807, 2.05) is 18.2 Å². The second-order valence-electron chi connectivity index (χ2n) is 4.50. The van der Waals surface area contributed by atoms with Gasteiger partial charge in [-0.05, 0) is 30.2 Å². The predicted molar refractivity (Wildman–Crippen MR) is 76.8 cm³/mol. The molecule has 2 rings (SSSR count). The molecule has 2 N–H and O–H groups in total. The lowest BCUT2D eigenvalue weighted by Crippen LogP contribution is -2.12. The number of methoxy groups -OCH3 is 2. The normalized spacial score (nSPS) is 12.0. The fraction of sp³-hybridized carbons (Fsp3) is 0.250. The maximum absolute atomic E-state index is 6.29. The van der Waals surface area contributed by atoms with Crippen molar-refractivity contribution in [3.63, 3.8) is 0 Å². The van der Waals surface area contributed by atoms with E-state index in [1.165, 1.54) is 5.56 Å². The lowest BCUT2D eigenvalue weighted by molar-refractivity contribution is 0.354. The van der Waals surface area contributed by atoms with Crippen LogP contribution in [0.5, 0.6) is 11.5 Å². The number of hydrogen-bond acceptors (Lipinski definition) is 3. The van der Waals surface area contributed by atoms with Gasteiger partial charge in [0, 0.05) is 0 Å². The van der Waals surface area contributed by atoms with Crippen molar-refractivity contribution in [3.8, 4) is 11.5 Å². The van der Waals surface area contributed by atoms with E-state index in [0.717, 1.165) is 11.1 Å². The molecule has 0 aliphatic rings. The van der Waals surface area contributed by atoms with Crippen LogP contribution in [0.3, 0.4) is 0 Å². The van der Waals surface area contributed by atoms with E-state index in [2.05, 4.69) is 31.2 Å². The third kappa shape index (κ3) is 2.88. The van der Waals surface area contributed by atoms with Gasteiger partial charge >= 0.3 is 0 Å². The highest BCUT2D eigenvalue weighted by Gasteiger charge is 2.12. The van der Waals surface area contributed by atoms with Crippen molar-refractivity contribution in [2.24, 2.45) is 5.73 Å². The zero-order valence-corrected chi connectivity index (χ0v) is 11.5. The highest BCUT2D eigenvalue weighted by Crippen LogP contribution is 2.31. The van der Waals surface area contributed by atoms with Crippen molar-refractivity contribution in [2.75, 3.05) is 14.2 Å². The van der Waals surface area contributed by atoms with E-state index in [0.29, 0.717) is 11.5 Å². The van der Waals surface area contributed by atoms with Gasteiger partial charge in [0.1, 0.15) is 0 Å². The first kappa shape index (κ1) is 13.4. The molecule has 1 unspecified atom stereocenters. The predicted octanol–water partition coefficient (Wildman–Crippen LogP) is 3.06. The van der Waals surface area contributed by atoms with Crippen LogP contribution in [0.1, 0.15) is 22.7 Å². The molecule has 0 aliphatic carbocycles. The zero-order chi connectivity index (χ0) is 13.8. The average molecular weight is 257 g/mol. The van der Waals surface area contributed by atoms with Gasteiger partial charge in [-0.15, -0.1) is 0 Å². The molecule has 0 saturated carbocycles. The van der Waals surface area contributed by atoms with Crippen LogP contribution in [0.15, 0.2) is 42.5 Å². The molecule has 0 heterocycles. The molecule has 0 radical (unpaired) electrons. The van der Waals surface area contributed by atoms with Crippen LogP contribution in [-0.2, 0) is 0 Å². The lowest BCUT2D eigenvalue weighted by atomic mass is 9.98. The minimum Gasteiger partial charge on any atom is -0.493 e. The molecule has 3 nitrogen and oxygen atoms in total. The van der Waals surface area contributed by atoms with Crippen molar-refractivity contribution < 1.29 is 9.47 Å². The first-order valence-electron chi connectivity index (χ1n) is 6.19. The Hall–Kier alpha value is -2.00. The van der Waals surface area contributed by atoms with Crippen LogP contribution in [0.2, 0.25) is 0 Å². The molecule has 19 heavy (non-hydrogen) atoms. The summed E-state index contributed by atoms with van der Waals surface area (Å²) in [6.45, 7) is 2.06. The Bertz CT molecular complexity index is 549. The Labute approximate surface area is 114 Å². The van der Waals surface area contributed by atoms with Gasteiger partial charge in [-0.3, -0.25) is 0 Å². The first-order valence-corrected chi connectivity index (χ1v) is 6.19. The zero-order valence-electron chi connectivity index (χ0n) is 11.5. The van der Waals surface area contributed by atoms with E-state index in [-0.39, 0.29) is 6.04 Å². The molecule has 0 fully saturated rings. The molecular weight excluding hydrogens is 238 g/mol. The van der Waals surface area contributed by atoms with Gasteiger partial charge in [-0.25, -0.2) is 0 Å². The van der Waals surface area contributed by atoms with Gasteiger partial charge < -0.3 is 15.2 Å². The summed E-state index contributed by atoms with van der Waals surface area (Å²) in [6.07, 6.45) is 0. The number of rotatable bonds is 4. The number of aryl methyl sites for hydroxylation is 1.